The second-order valence-corrected chi connectivity index (χ2v) is 8.52. The molecule has 0 heterocycles. The summed E-state index contributed by atoms with van der Waals surface area (Å²) in [5.74, 6) is 0.522. The average molecular weight is 233 g/mol. The highest BCUT2D eigenvalue weighted by Gasteiger charge is 2.53. The van der Waals surface area contributed by atoms with Crippen molar-refractivity contribution in [3.63, 3.8) is 0 Å². The molecule has 0 bridgehead atoms. The van der Waals surface area contributed by atoms with Gasteiger partial charge in [0, 0.05) is 19.3 Å². The fourth-order valence-electron chi connectivity index (χ4n) is 1.65. The summed E-state index contributed by atoms with van der Waals surface area (Å²) in [6.07, 6.45) is 1.09. The minimum Gasteiger partial charge on any atom is -0.386 e. The molecular weight excluding hydrogens is 206 g/mol. The third-order valence-electron chi connectivity index (χ3n) is 3.47. The Labute approximate surface area is 95.9 Å². The molecule has 0 radical (unpaired) electrons. The first-order valence-corrected chi connectivity index (χ1v) is 7.55. The zero-order valence-electron chi connectivity index (χ0n) is 11.3. The van der Waals surface area contributed by atoms with Crippen molar-refractivity contribution in [3.05, 3.63) is 0 Å². The van der Waals surface area contributed by atoms with Crippen molar-refractivity contribution in [1.29, 1.82) is 0 Å². The van der Waals surface area contributed by atoms with Gasteiger partial charge in [0.2, 0.25) is 0 Å². The average Bonchev–Trinajstić information content (AvgIpc) is 2.19. The Morgan fingerprint density at radius 3 is 1.93 bits per heavy atom. The summed E-state index contributed by atoms with van der Waals surface area (Å²) in [4.78, 5) is 3.50. The highest BCUT2D eigenvalue weighted by atomic mass is 28.4. The van der Waals surface area contributed by atoms with Gasteiger partial charge in [0.05, 0.1) is 0 Å². The molecule has 0 aromatic carbocycles. The van der Waals surface area contributed by atoms with Crippen molar-refractivity contribution < 1.29 is 8.85 Å². The van der Waals surface area contributed by atoms with Gasteiger partial charge in [-0.25, -0.2) is 0 Å². The monoisotopic (exact) mass is 233 g/mol. The molecule has 15 heavy (non-hydrogen) atoms. The molecule has 1 N–H and O–H groups in total. The summed E-state index contributed by atoms with van der Waals surface area (Å²) < 4.78 is 11.4. The van der Waals surface area contributed by atoms with E-state index in [0.717, 1.165) is 13.0 Å². The van der Waals surface area contributed by atoms with Gasteiger partial charge in [-0.1, -0.05) is 34.6 Å². The quantitative estimate of drug-likeness (QED) is 0.686. The SMILES string of the molecule is CCCN[Si](OC)(OC)C(C)(C)C(C)C. The summed E-state index contributed by atoms with van der Waals surface area (Å²) in [7, 11) is 1.20. The zero-order valence-corrected chi connectivity index (χ0v) is 12.3. The largest absolute Gasteiger partial charge is 0.430 e. The molecule has 0 rings (SSSR count). The van der Waals surface area contributed by atoms with E-state index in [-0.39, 0.29) is 5.04 Å². The Morgan fingerprint density at radius 2 is 1.67 bits per heavy atom. The molecule has 0 aliphatic rings. The van der Waals surface area contributed by atoms with E-state index in [1.54, 1.807) is 14.2 Å². The fourth-order valence-corrected chi connectivity index (χ4v) is 4.95. The van der Waals surface area contributed by atoms with Gasteiger partial charge in [0.15, 0.2) is 0 Å². The van der Waals surface area contributed by atoms with Gasteiger partial charge in [-0.2, -0.15) is 0 Å². The summed E-state index contributed by atoms with van der Waals surface area (Å²) in [5.41, 5.74) is 0. The van der Waals surface area contributed by atoms with E-state index in [9.17, 15) is 0 Å². The van der Waals surface area contributed by atoms with E-state index in [0.29, 0.717) is 5.92 Å². The molecule has 0 amide bonds. The van der Waals surface area contributed by atoms with Crippen LogP contribution in [0.3, 0.4) is 0 Å². The van der Waals surface area contributed by atoms with Crippen LogP contribution in [0.5, 0.6) is 0 Å². The van der Waals surface area contributed by atoms with E-state index >= 15 is 0 Å². The van der Waals surface area contributed by atoms with Crippen molar-refractivity contribution in [3.8, 4) is 0 Å². The Balaban J connectivity index is 4.89. The van der Waals surface area contributed by atoms with Gasteiger partial charge in [-0.3, -0.25) is 4.98 Å². The molecule has 0 atom stereocenters. The molecule has 0 aromatic rings. The Hall–Kier alpha value is 0.0969. The standard InChI is InChI=1S/C11H27NO2Si/c1-8-9-12-15(13-6,14-7)11(4,5)10(2)3/h10,12H,8-9H2,1-7H3. The Morgan fingerprint density at radius 1 is 1.20 bits per heavy atom. The molecule has 0 aliphatic carbocycles. The van der Waals surface area contributed by atoms with Gasteiger partial charge in [-0.05, 0) is 18.9 Å². The predicted octanol–water partition coefficient (Wildman–Crippen LogP) is 2.65. The van der Waals surface area contributed by atoms with Crippen LogP contribution in [0, 0.1) is 5.92 Å². The van der Waals surface area contributed by atoms with Crippen molar-refractivity contribution in [1.82, 2.24) is 4.98 Å². The molecule has 0 aromatic heterocycles. The summed E-state index contributed by atoms with van der Waals surface area (Å²) in [5, 5.41) is 0.0473. The van der Waals surface area contributed by atoms with E-state index in [2.05, 4.69) is 39.6 Å². The lowest BCUT2D eigenvalue weighted by molar-refractivity contribution is 0.178. The number of hydrogen-bond acceptors (Lipinski definition) is 3. The number of hydrogen-bond donors (Lipinski definition) is 1. The second-order valence-electron chi connectivity index (χ2n) is 4.83. The molecule has 0 aliphatic heterocycles. The number of nitrogens with one attached hydrogen (secondary N) is 1. The van der Waals surface area contributed by atoms with E-state index in [1.807, 2.05) is 0 Å². The van der Waals surface area contributed by atoms with Crippen LogP contribution in [-0.2, 0) is 8.85 Å². The normalized spacial score (nSPS) is 13.6. The van der Waals surface area contributed by atoms with Crippen LogP contribution >= 0.6 is 0 Å². The third kappa shape index (κ3) is 3.03. The highest BCUT2D eigenvalue weighted by molar-refractivity contribution is 6.68. The van der Waals surface area contributed by atoms with Gasteiger partial charge in [0.25, 0.3) is 0 Å². The lowest BCUT2D eigenvalue weighted by Gasteiger charge is -2.43. The molecule has 4 heteroatoms. The lowest BCUT2D eigenvalue weighted by Crippen LogP contribution is -2.63. The predicted molar refractivity (Wildman–Crippen MR) is 66.9 cm³/mol. The molecule has 0 saturated heterocycles. The molecular formula is C11H27NO2Si. The maximum atomic E-state index is 5.72. The summed E-state index contributed by atoms with van der Waals surface area (Å²) >= 11 is 0. The Kier molecular flexibility index (Phi) is 6.03. The zero-order chi connectivity index (χ0) is 12.1. The first kappa shape index (κ1) is 15.1. The van der Waals surface area contributed by atoms with E-state index in [4.69, 9.17) is 8.85 Å². The molecule has 0 saturated carbocycles. The highest BCUT2D eigenvalue weighted by Crippen LogP contribution is 2.43. The van der Waals surface area contributed by atoms with Crippen molar-refractivity contribution in [2.45, 2.75) is 46.1 Å². The molecule has 0 spiro atoms. The minimum absolute atomic E-state index is 0.0473. The first-order valence-electron chi connectivity index (χ1n) is 5.73. The van der Waals surface area contributed by atoms with Crippen LogP contribution in [0.15, 0.2) is 0 Å². The van der Waals surface area contributed by atoms with Crippen LogP contribution in [-0.4, -0.2) is 29.5 Å². The van der Waals surface area contributed by atoms with Gasteiger partial charge >= 0.3 is 8.72 Å². The topological polar surface area (TPSA) is 30.5 Å². The third-order valence-corrected chi connectivity index (χ3v) is 7.61. The Bertz CT molecular complexity index is 179. The van der Waals surface area contributed by atoms with Crippen LogP contribution in [0.4, 0.5) is 0 Å². The second kappa shape index (κ2) is 5.99. The van der Waals surface area contributed by atoms with Crippen LogP contribution in [0.1, 0.15) is 41.0 Å². The lowest BCUT2D eigenvalue weighted by atomic mass is 9.99. The first-order chi connectivity index (χ1) is 6.88. The maximum Gasteiger partial charge on any atom is 0.430 e. The van der Waals surface area contributed by atoms with Crippen molar-refractivity contribution in [2.75, 3.05) is 20.8 Å². The van der Waals surface area contributed by atoms with E-state index in [1.165, 1.54) is 0 Å². The van der Waals surface area contributed by atoms with E-state index < -0.39 is 8.72 Å². The van der Waals surface area contributed by atoms with Crippen molar-refractivity contribution >= 4 is 8.72 Å². The molecule has 0 fully saturated rings. The fraction of sp³-hybridized carbons (Fsp3) is 1.00. The molecule has 3 nitrogen and oxygen atoms in total. The number of rotatable bonds is 7. The van der Waals surface area contributed by atoms with Gasteiger partial charge < -0.3 is 8.85 Å². The van der Waals surface area contributed by atoms with Gasteiger partial charge in [-0.15, -0.1) is 0 Å². The minimum atomic E-state index is -2.31. The summed E-state index contributed by atoms with van der Waals surface area (Å²) in [6, 6.07) is 0. The van der Waals surface area contributed by atoms with Crippen LogP contribution in [0.25, 0.3) is 0 Å². The van der Waals surface area contributed by atoms with Crippen LogP contribution < -0.4 is 4.98 Å². The van der Waals surface area contributed by atoms with Crippen molar-refractivity contribution in [2.24, 2.45) is 5.92 Å². The smallest absolute Gasteiger partial charge is 0.386 e. The summed E-state index contributed by atoms with van der Waals surface area (Å²) in [6.45, 7) is 12.0. The van der Waals surface area contributed by atoms with Gasteiger partial charge in [0.1, 0.15) is 0 Å². The molecule has 0 unspecified atom stereocenters. The maximum absolute atomic E-state index is 5.72. The molecule has 92 valence electrons. The van der Waals surface area contributed by atoms with Crippen LogP contribution in [0.2, 0.25) is 5.04 Å².